The maximum Gasteiger partial charge on any atom is 0.289 e. The first-order chi connectivity index (χ1) is 9.47. The highest BCUT2D eigenvalue weighted by molar-refractivity contribution is 5.71. The number of hydrogen-bond acceptors (Lipinski definition) is 6. The third-order valence-corrected chi connectivity index (χ3v) is 3.05. The number of aliphatic hydroxyl groups excluding tert-OH is 4. The first-order valence-corrected chi connectivity index (χ1v) is 5.88. The van der Waals surface area contributed by atoms with Gasteiger partial charge < -0.3 is 25.6 Å². The van der Waals surface area contributed by atoms with Crippen molar-refractivity contribution in [3.05, 3.63) is 41.1 Å². The Bertz CT molecular complexity index is 671. The van der Waals surface area contributed by atoms with Crippen molar-refractivity contribution in [1.29, 1.82) is 0 Å². The van der Waals surface area contributed by atoms with E-state index in [1.807, 2.05) is 0 Å². The van der Waals surface area contributed by atoms with Gasteiger partial charge in [0, 0.05) is 11.0 Å². The molecule has 20 heavy (non-hydrogen) atoms. The van der Waals surface area contributed by atoms with Crippen LogP contribution in [0.5, 0.6) is 0 Å². The van der Waals surface area contributed by atoms with Gasteiger partial charge in [0.1, 0.15) is 18.3 Å². The van der Waals surface area contributed by atoms with Crippen molar-refractivity contribution in [1.82, 2.24) is 4.73 Å². The molecule has 2 rings (SSSR count). The van der Waals surface area contributed by atoms with Crippen LogP contribution in [0, 0.1) is 4.91 Å². The lowest BCUT2D eigenvalue weighted by atomic mass is 10.1. The summed E-state index contributed by atoms with van der Waals surface area (Å²) < 4.78 is 0.986. The lowest BCUT2D eigenvalue weighted by Gasteiger charge is -2.21. The molecule has 1 aromatic carbocycles. The number of aliphatic hydroxyl groups is 4. The average molecular weight is 283 g/mol. The quantitative estimate of drug-likeness (QED) is 0.344. The van der Waals surface area contributed by atoms with Gasteiger partial charge in [-0.05, 0) is 6.07 Å². The van der Waals surface area contributed by atoms with E-state index in [4.69, 9.17) is 5.11 Å². The Labute approximate surface area is 113 Å². The van der Waals surface area contributed by atoms with Gasteiger partial charge in [0.05, 0.1) is 11.0 Å². The molecule has 8 heteroatoms. The van der Waals surface area contributed by atoms with E-state index in [1.54, 1.807) is 12.1 Å². The molecule has 3 atom stereocenters. The van der Waals surface area contributed by atoms with Gasteiger partial charge in [-0.3, -0.25) is 0 Å². The van der Waals surface area contributed by atoms with Gasteiger partial charge in [-0.15, -0.1) is 0 Å². The van der Waals surface area contributed by atoms with Gasteiger partial charge >= 0.3 is 0 Å². The van der Waals surface area contributed by atoms with E-state index in [0.717, 1.165) is 6.20 Å². The summed E-state index contributed by atoms with van der Waals surface area (Å²) in [6.07, 6.45) is -4.21. The van der Waals surface area contributed by atoms with Crippen molar-refractivity contribution in [3.63, 3.8) is 0 Å². The van der Waals surface area contributed by atoms with E-state index < -0.39 is 24.9 Å². The Hall–Kier alpha value is -2.00. The zero-order valence-corrected chi connectivity index (χ0v) is 10.4. The van der Waals surface area contributed by atoms with E-state index in [2.05, 4.69) is 0 Å². The van der Waals surface area contributed by atoms with E-state index in [9.17, 15) is 25.4 Å². The normalized spacial score (nSPS) is 16.0. The predicted octanol–water partition coefficient (Wildman–Crippen LogP) is -1.46. The van der Waals surface area contributed by atoms with Crippen molar-refractivity contribution in [2.24, 2.45) is 0 Å². The molecule has 0 amide bonds. The zero-order valence-electron chi connectivity index (χ0n) is 10.4. The first-order valence-electron chi connectivity index (χ1n) is 5.88. The smallest absolute Gasteiger partial charge is 0.289 e. The molecular formula is C12H15N2O6+. The summed E-state index contributed by atoms with van der Waals surface area (Å²) >= 11 is 0. The van der Waals surface area contributed by atoms with E-state index in [0.29, 0.717) is 9.16 Å². The highest BCUT2D eigenvalue weighted by atomic mass is 16.5. The zero-order chi connectivity index (χ0) is 14.9. The predicted molar refractivity (Wildman–Crippen MR) is 66.5 cm³/mol. The van der Waals surface area contributed by atoms with Crippen molar-refractivity contribution >= 4 is 11.0 Å². The molecule has 0 aliphatic heterocycles. The Balaban J connectivity index is 2.55. The van der Waals surface area contributed by atoms with Crippen LogP contribution in [-0.4, -0.2) is 49.2 Å². The Kier molecular flexibility index (Phi) is 4.00. The van der Waals surface area contributed by atoms with E-state index >= 15 is 0 Å². The molecule has 1 aromatic heterocycles. The molecule has 5 N–H and O–H groups in total. The molecule has 1 heterocycles. The third kappa shape index (κ3) is 2.37. The summed E-state index contributed by atoms with van der Waals surface area (Å²) in [6, 6.07) is 6.13. The lowest BCUT2D eigenvalue weighted by Crippen LogP contribution is -2.37. The molecule has 0 saturated carbocycles. The number of hydrogen-bond donors (Lipinski definition) is 5. The second kappa shape index (κ2) is 5.55. The van der Waals surface area contributed by atoms with Crippen LogP contribution in [0.1, 0.15) is 11.8 Å². The molecule has 8 nitrogen and oxygen atoms in total. The van der Waals surface area contributed by atoms with Crippen molar-refractivity contribution in [2.45, 2.75) is 18.3 Å². The molecule has 0 fully saturated rings. The van der Waals surface area contributed by atoms with Crippen LogP contribution >= 0.6 is 0 Å². The van der Waals surface area contributed by atoms with Gasteiger partial charge in [-0.25, -0.2) is 0 Å². The SMILES string of the molecule is O=[n+]1cc([C@H](O)[C@H](O)[C@@H](O)CO)n(O)c2ccccc21. The molecule has 0 radical (unpaired) electrons. The fourth-order valence-electron chi connectivity index (χ4n) is 1.91. The Morgan fingerprint density at radius 1 is 1.20 bits per heavy atom. The van der Waals surface area contributed by atoms with Gasteiger partial charge in [-0.1, -0.05) is 12.1 Å². The summed E-state index contributed by atoms with van der Waals surface area (Å²) in [5.41, 5.74) is -0.00779. The highest BCUT2D eigenvalue weighted by Gasteiger charge is 2.31. The van der Waals surface area contributed by atoms with E-state index in [1.165, 1.54) is 12.1 Å². The monoisotopic (exact) mass is 283 g/mol. The van der Waals surface area contributed by atoms with Crippen LogP contribution in [0.15, 0.2) is 30.5 Å². The molecule has 0 saturated heterocycles. The van der Waals surface area contributed by atoms with Crippen LogP contribution in [0.25, 0.3) is 11.0 Å². The summed E-state index contributed by atoms with van der Waals surface area (Å²) in [4.78, 5) is 11.8. The number of aromatic nitrogens is 2. The molecule has 0 bridgehead atoms. The Morgan fingerprint density at radius 2 is 1.85 bits per heavy atom. The largest absolute Gasteiger partial charge is 0.428 e. The number of rotatable bonds is 4. The summed E-state index contributed by atoms with van der Waals surface area (Å²) in [5, 5.41) is 47.6. The van der Waals surface area contributed by atoms with Crippen molar-refractivity contribution < 1.29 is 30.1 Å². The molecule has 0 unspecified atom stereocenters. The standard InChI is InChI=1S/C12H15N2O6/c15-6-10(16)12(18)11(17)9-5-13(19)7-3-1-2-4-8(7)14(9)20/h1-5,10-12,15-18,20H,6H2/q+1/t10-,11-,12+/m0/s1. The van der Waals surface area contributed by atoms with E-state index in [-0.39, 0.29) is 16.7 Å². The third-order valence-electron chi connectivity index (χ3n) is 3.05. The molecule has 0 aliphatic carbocycles. The van der Waals surface area contributed by atoms with Crippen molar-refractivity contribution in [3.8, 4) is 0 Å². The summed E-state index contributed by atoms with van der Waals surface area (Å²) in [7, 11) is 0. The minimum atomic E-state index is -1.75. The van der Waals surface area contributed by atoms with Crippen LogP contribution in [0.4, 0.5) is 0 Å². The van der Waals surface area contributed by atoms with Gasteiger partial charge in [-0.2, -0.15) is 4.73 Å². The van der Waals surface area contributed by atoms with Crippen molar-refractivity contribution in [2.75, 3.05) is 6.61 Å². The number of benzene rings is 1. The number of para-hydroxylation sites is 2. The highest BCUT2D eigenvalue weighted by Crippen LogP contribution is 2.20. The minimum Gasteiger partial charge on any atom is -0.428 e. The average Bonchev–Trinajstić information content (AvgIpc) is 2.48. The Morgan fingerprint density at radius 3 is 2.50 bits per heavy atom. The molecule has 0 spiro atoms. The second-order valence-electron chi connectivity index (χ2n) is 4.37. The van der Waals surface area contributed by atoms with Gasteiger partial charge in [0.2, 0.25) is 0 Å². The molecule has 108 valence electrons. The number of fused-ring (bicyclic) bond motifs is 1. The maximum atomic E-state index is 11.8. The molecular weight excluding hydrogens is 268 g/mol. The summed E-state index contributed by atoms with van der Waals surface area (Å²) in [6.45, 7) is -0.769. The fourth-order valence-corrected chi connectivity index (χ4v) is 1.91. The molecule has 0 aliphatic rings. The maximum absolute atomic E-state index is 11.8. The second-order valence-corrected chi connectivity index (χ2v) is 4.37. The van der Waals surface area contributed by atoms with Gasteiger partial charge in [0.25, 0.3) is 11.7 Å². The first kappa shape index (κ1) is 14.4. The van der Waals surface area contributed by atoms with Crippen LogP contribution in [0.2, 0.25) is 0 Å². The summed E-state index contributed by atoms with van der Waals surface area (Å²) in [5.74, 6) is 0. The van der Waals surface area contributed by atoms with Gasteiger partial charge in [0.15, 0.2) is 11.2 Å². The topological polar surface area (TPSA) is 129 Å². The van der Waals surface area contributed by atoms with Crippen LogP contribution in [0.3, 0.4) is 0 Å². The lowest BCUT2D eigenvalue weighted by molar-refractivity contribution is -0.466. The fraction of sp³-hybridized carbons (Fsp3) is 0.333. The minimum absolute atomic E-state index is 0.129. The van der Waals surface area contributed by atoms with Crippen LogP contribution < -0.4 is 4.43 Å². The van der Waals surface area contributed by atoms with Crippen LogP contribution in [-0.2, 0) is 0 Å². The number of nitrogens with zero attached hydrogens (tertiary/aromatic N) is 2. The molecule has 2 aromatic rings.